The molecule has 3 aromatic heterocycles. The quantitative estimate of drug-likeness (QED) is 0.253. The van der Waals surface area contributed by atoms with Crippen molar-refractivity contribution in [3.05, 3.63) is 47.9 Å². The molecule has 33 heavy (non-hydrogen) atoms. The summed E-state index contributed by atoms with van der Waals surface area (Å²) in [6, 6.07) is 8.03. The molecule has 0 fully saturated rings. The number of thiazole rings is 1. The Labute approximate surface area is 195 Å². The summed E-state index contributed by atoms with van der Waals surface area (Å²) in [7, 11) is 0. The Kier molecular flexibility index (Phi) is 7.16. The molecule has 172 valence electrons. The highest BCUT2D eigenvalue weighted by Crippen LogP contribution is 2.31. The van der Waals surface area contributed by atoms with E-state index in [4.69, 9.17) is 9.52 Å². The van der Waals surface area contributed by atoms with Crippen molar-refractivity contribution >= 4 is 44.7 Å². The normalized spacial score (nSPS) is 11.2. The fourth-order valence-electron chi connectivity index (χ4n) is 3.24. The van der Waals surface area contributed by atoms with Gasteiger partial charge in [0.15, 0.2) is 5.69 Å². The van der Waals surface area contributed by atoms with Crippen molar-refractivity contribution in [2.75, 3.05) is 23.8 Å². The number of pyridine rings is 1. The van der Waals surface area contributed by atoms with Crippen LogP contribution in [0.2, 0.25) is 0 Å². The minimum Gasteiger partial charge on any atom is -0.443 e. The van der Waals surface area contributed by atoms with Crippen LogP contribution < -0.4 is 16.0 Å². The molecule has 0 unspecified atom stereocenters. The van der Waals surface area contributed by atoms with Crippen molar-refractivity contribution in [3.63, 3.8) is 0 Å². The molecule has 3 heterocycles. The Hall–Kier alpha value is -3.50. The number of carbonyl (C=O) groups is 1. The average Bonchev–Trinajstić information content (AvgIpc) is 3.46. The number of hydrogen-bond acceptors (Lipinski definition) is 9. The van der Waals surface area contributed by atoms with Crippen LogP contribution >= 0.6 is 11.3 Å². The molecular formula is C23H26N6O3S. The van der Waals surface area contributed by atoms with Gasteiger partial charge in [0.1, 0.15) is 12.1 Å². The van der Waals surface area contributed by atoms with Crippen LogP contribution in [0.25, 0.3) is 21.7 Å². The summed E-state index contributed by atoms with van der Waals surface area (Å²) in [6.45, 7) is 4.65. The Morgan fingerprint density at radius 2 is 2.09 bits per heavy atom. The van der Waals surface area contributed by atoms with E-state index in [-0.39, 0.29) is 24.2 Å². The van der Waals surface area contributed by atoms with Gasteiger partial charge in [-0.25, -0.2) is 15.0 Å². The predicted molar refractivity (Wildman–Crippen MR) is 130 cm³/mol. The Bertz CT molecular complexity index is 1240. The van der Waals surface area contributed by atoms with E-state index in [2.05, 4.69) is 30.9 Å². The summed E-state index contributed by atoms with van der Waals surface area (Å²) < 4.78 is 6.70. The zero-order chi connectivity index (χ0) is 23.2. The van der Waals surface area contributed by atoms with Gasteiger partial charge in [-0.1, -0.05) is 0 Å². The van der Waals surface area contributed by atoms with Crippen LogP contribution in [-0.4, -0.2) is 45.2 Å². The Balaban J connectivity index is 1.54. The summed E-state index contributed by atoms with van der Waals surface area (Å²) in [5.74, 6) is 0.661. The number of oxazole rings is 1. The average molecular weight is 467 g/mol. The first-order valence-corrected chi connectivity index (χ1v) is 11.6. The molecule has 4 aromatic rings. The lowest BCUT2D eigenvalue weighted by Gasteiger charge is -2.15. The van der Waals surface area contributed by atoms with Gasteiger partial charge in [0.05, 0.1) is 27.0 Å². The zero-order valence-electron chi connectivity index (χ0n) is 18.5. The maximum Gasteiger partial charge on any atom is 0.273 e. The molecule has 0 atom stereocenters. The lowest BCUT2D eigenvalue weighted by Crippen LogP contribution is -2.24. The number of benzene rings is 1. The summed E-state index contributed by atoms with van der Waals surface area (Å²) in [4.78, 5) is 25.5. The van der Waals surface area contributed by atoms with E-state index < -0.39 is 0 Å². The number of aliphatic hydroxyl groups is 1. The minimum absolute atomic E-state index is 0.104. The van der Waals surface area contributed by atoms with Gasteiger partial charge in [-0.2, -0.15) is 0 Å². The van der Waals surface area contributed by atoms with Crippen LogP contribution in [0.4, 0.5) is 17.2 Å². The molecule has 0 bridgehead atoms. The van der Waals surface area contributed by atoms with Crippen molar-refractivity contribution in [1.82, 2.24) is 20.3 Å². The fraction of sp³-hybridized carbons (Fsp3) is 0.304. The number of amides is 1. The van der Waals surface area contributed by atoms with Crippen LogP contribution in [0.15, 0.2) is 46.7 Å². The minimum atomic E-state index is -0.314. The number of carbonyl (C=O) groups excluding carboxylic acids is 1. The van der Waals surface area contributed by atoms with E-state index in [9.17, 15) is 4.79 Å². The molecular weight excluding hydrogens is 440 g/mol. The van der Waals surface area contributed by atoms with Crippen LogP contribution in [0.5, 0.6) is 0 Å². The maximum atomic E-state index is 12.3. The van der Waals surface area contributed by atoms with Crippen LogP contribution in [0.1, 0.15) is 37.2 Å². The van der Waals surface area contributed by atoms with Gasteiger partial charge < -0.3 is 25.5 Å². The topological polar surface area (TPSA) is 125 Å². The third-order valence-corrected chi connectivity index (χ3v) is 5.58. The third kappa shape index (κ3) is 5.65. The Morgan fingerprint density at radius 3 is 2.91 bits per heavy atom. The zero-order valence-corrected chi connectivity index (χ0v) is 19.3. The van der Waals surface area contributed by atoms with Crippen molar-refractivity contribution in [3.8, 4) is 11.5 Å². The van der Waals surface area contributed by atoms with Crippen molar-refractivity contribution < 1.29 is 14.3 Å². The molecule has 10 heteroatoms. The number of aromatic nitrogens is 3. The SMILES string of the molecule is CC(C)Nc1cc(Nc2ccc3ncsc3c2)ncc1-c1nc(C(=O)NCCCCO)co1. The second kappa shape index (κ2) is 10.4. The first kappa shape index (κ1) is 22.7. The van der Waals surface area contributed by atoms with E-state index >= 15 is 0 Å². The molecule has 0 aliphatic carbocycles. The van der Waals surface area contributed by atoms with Crippen molar-refractivity contribution in [2.45, 2.75) is 32.7 Å². The molecule has 9 nitrogen and oxygen atoms in total. The smallest absolute Gasteiger partial charge is 0.273 e. The van der Waals surface area contributed by atoms with E-state index in [1.54, 1.807) is 17.5 Å². The monoisotopic (exact) mass is 466 g/mol. The lowest BCUT2D eigenvalue weighted by molar-refractivity contribution is 0.0947. The molecule has 0 aliphatic rings. The summed E-state index contributed by atoms with van der Waals surface area (Å²) >= 11 is 1.59. The van der Waals surface area contributed by atoms with Crippen molar-refractivity contribution in [2.24, 2.45) is 0 Å². The first-order valence-electron chi connectivity index (χ1n) is 10.8. The number of aliphatic hydroxyl groups excluding tert-OH is 1. The van der Waals surface area contributed by atoms with Gasteiger partial charge in [0.25, 0.3) is 5.91 Å². The second-order valence-electron chi connectivity index (χ2n) is 7.80. The van der Waals surface area contributed by atoms with Crippen LogP contribution in [0, 0.1) is 0 Å². The fourth-order valence-corrected chi connectivity index (χ4v) is 3.95. The summed E-state index contributed by atoms with van der Waals surface area (Å²) in [6.07, 6.45) is 4.35. The van der Waals surface area contributed by atoms with Gasteiger partial charge in [0, 0.05) is 37.1 Å². The molecule has 0 spiro atoms. The van der Waals surface area contributed by atoms with Crippen LogP contribution in [-0.2, 0) is 0 Å². The number of nitrogens with one attached hydrogen (secondary N) is 3. The van der Waals surface area contributed by atoms with Crippen LogP contribution in [0.3, 0.4) is 0 Å². The number of rotatable bonds is 10. The summed E-state index contributed by atoms with van der Waals surface area (Å²) in [5.41, 5.74) is 5.35. The first-order chi connectivity index (χ1) is 16.0. The number of anilines is 3. The van der Waals surface area contributed by atoms with E-state index in [1.807, 2.05) is 43.6 Å². The molecule has 1 amide bonds. The van der Waals surface area contributed by atoms with E-state index in [1.165, 1.54) is 6.26 Å². The van der Waals surface area contributed by atoms with Gasteiger partial charge in [-0.3, -0.25) is 4.79 Å². The molecule has 4 rings (SSSR count). The predicted octanol–water partition coefficient (Wildman–Crippen LogP) is 4.41. The van der Waals surface area contributed by atoms with Gasteiger partial charge in [-0.05, 0) is 44.9 Å². The lowest BCUT2D eigenvalue weighted by atomic mass is 10.2. The number of unbranched alkanes of at least 4 members (excludes halogenated alkanes) is 1. The third-order valence-electron chi connectivity index (χ3n) is 4.79. The van der Waals surface area contributed by atoms with Gasteiger partial charge in [0.2, 0.25) is 5.89 Å². The molecule has 4 N–H and O–H groups in total. The maximum absolute atomic E-state index is 12.3. The number of nitrogens with zero attached hydrogens (tertiary/aromatic N) is 3. The van der Waals surface area contributed by atoms with E-state index in [0.717, 1.165) is 21.6 Å². The molecule has 0 radical (unpaired) electrons. The molecule has 1 aromatic carbocycles. The van der Waals surface area contributed by atoms with Gasteiger partial charge in [-0.15, -0.1) is 11.3 Å². The number of hydrogen-bond donors (Lipinski definition) is 4. The standard InChI is InChI=1S/C23H26N6O3S/c1-14(2)27-18-10-21(28-15-5-6-17-20(9-15)33-13-26-17)25-11-16(18)23-29-19(12-32-23)22(31)24-7-3-4-8-30/h5-6,9-14,30H,3-4,7-8H2,1-2H3,(H,24,31)(H2,25,27,28). The molecule has 0 aliphatic heterocycles. The summed E-state index contributed by atoms with van der Waals surface area (Å²) in [5, 5.41) is 18.3. The molecule has 0 saturated carbocycles. The van der Waals surface area contributed by atoms with Crippen molar-refractivity contribution in [1.29, 1.82) is 0 Å². The van der Waals surface area contributed by atoms with E-state index in [0.29, 0.717) is 36.7 Å². The van der Waals surface area contributed by atoms with Gasteiger partial charge >= 0.3 is 0 Å². The second-order valence-corrected chi connectivity index (χ2v) is 8.68. The highest BCUT2D eigenvalue weighted by atomic mass is 32.1. The molecule has 0 saturated heterocycles. The highest BCUT2D eigenvalue weighted by Gasteiger charge is 2.17. The highest BCUT2D eigenvalue weighted by molar-refractivity contribution is 7.16. The largest absolute Gasteiger partial charge is 0.443 e. The number of fused-ring (bicyclic) bond motifs is 1. The Morgan fingerprint density at radius 1 is 1.21 bits per heavy atom.